The number of anilines is 1. The molecule has 2 fully saturated rings. The predicted molar refractivity (Wildman–Crippen MR) is 79.3 cm³/mol. The first-order chi connectivity index (χ1) is 9.24. The second-order valence-corrected chi connectivity index (χ2v) is 6.01. The Morgan fingerprint density at radius 2 is 2.00 bits per heavy atom. The van der Waals surface area contributed by atoms with Crippen LogP contribution in [0.15, 0.2) is 28.7 Å². The minimum atomic E-state index is 0.102. The van der Waals surface area contributed by atoms with Crippen molar-refractivity contribution in [3.8, 4) is 0 Å². The third kappa shape index (κ3) is 2.77. The van der Waals surface area contributed by atoms with Gasteiger partial charge in [-0.3, -0.25) is 9.69 Å². The van der Waals surface area contributed by atoms with Crippen LogP contribution in [0.3, 0.4) is 0 Å². The van der Waals surface area contributed by atoms with E-state index < -0.39 is 0 Å². The number of benzene rings is 1. The quantitative estimate of drug-likeness (QED) is 0.895. The summed E-state index contributed by atoms with van der Waals surface area (Å²) in [6, 6.07) is 8.50. The molecule has 102 valence electrons. The fraction of sp³-hybridized carbons (Fsp3) is 0.500. The Morgan fingerprint density at radius 3 is 2.63 bits per heavy atom. The van der Waals surface area contributed by atoms with Crippen LogP contribution in [0.4, 0.5) is 5.69 Å². The lowest BCUT2D eigenvalue weighted by atomic mass is 10.1. The molecule has 1 aromatic rings. The molecule has 4 nitrogen and oxygen atoms in total. The van der Waals surface area contributed by atoms with E-state index in [1.165, 1.54) is 5.69 Å². The maximum Gasteiger partial charge on any atom is 0.237 e. The largest absolute Gasteiger partial charge is 0.369 e. The molecule has 2 saturated heterocycles. The standard InChI is InChI=1S/C14H18BrN3O/c15-11-2-1-3-12(10-11)17-6-8-18(9-7-17)13-4-5-16-14(13)19/h1-3,10,13H,4-9H2,(H,16,19). The van der Waals surface area contributed by atoms with Gasteiger partial charge in [0.2, 0.25) is 5.91 Å². The van der Waals surface area contributed by atoms with Crippen molar-refractivity contribution in [2.45, 2.75) is 12.5 Å². The lowest BCUT2D eigenvalue weighted by molar-refractivity contribution is -0.123. The van der Waals surface area contributed by atoms with E-state index in [1.807, 2.05) is 6.07 Å². The monoisotopic (exact) mass is 323 g/mol. The molecule has 3 rings (SSSR count). The fourth-order valence-corrected chi connectivity index (χ4v) is 3.28. The van der Waals surface area contributed by atoms with E-state index in [0.29, 0.717) is 0 Å². The number of hydrogen-bond donors (Lipinski definition) is 1. The Bertz CT molecular complexity index is 472. The SMILES string of the molecule is O=C1NCCC1N1CCN(c2cccc(Br)c2)CC1. The Kier molecular flexibility index (Phi) is 3.75. The fourth-order valence-electron chi connectivity index (χ4n) is 2.89. The summed E-state index contributed by atoms with van der Waals surface area (Å²) in [6.45, 7) is 4.73. The zero-order valence-electron chi connectivity index (χ0n) is 10.8. The topological polar surface area (TPSA) is 35.6 Å². The molecule has 2 aliphatic rings. The highest BCUT2D eigenvalue weighted by atomic mass is 79.9. The van der Waals surface area contributed by atoms with Crippen molar-refractivity contribution in [2.24, 2.45) is 0 Å². The first kappa shape index (κ1) is 12.9. The average molecular weight is 324 g/mol. The van der Waals surface area contributed by atoms with Gasteiger partial charge in [-0.05, 0) is 24.6 Å². The van der Waals surface area contributed by atoms with E-state index in [4.69, 9.17) is 0 Å². The number of carbonyl (C=O) groups is 1. The number of hydrogen-bond acceptors (Lipinski definition) is 3. The van der Waals surface area contributed by atoms with Gasteiger partial charge >= 0.3 is 0 Å². The second-order valence-electron chi connectivity index (χ2n) is 5.10. The van der Waals surface area contributed by atoms with Crippen LogP contribution in [0, 0.1) is 0 Å². The molecule has 1 atom stereocenters. The van der Waals surface area contributed by atoms with E-state index in [-0.39, 0.29) is 11.9 Å². The molecule has 1 N–H and O–H groups in total. The van der Waals surface area contributed by atoms with E-state index in [2.05, 4.69) is 49.2 Å². The minimum Gasteiger partial charge on any atom is -0.369 e. The third-order valence-corrected chi connectivity index (χ3v) is 4.44. The maximum atomic E-state index is 11.7. The molecule has 0 spiro atoms. The van der Waals surface area contributed by atoms with Crippen molar-refractivity contribution in [2.75, 3.05) is 37.6 Å². The highest BCUT2D eigenvalue weighted by Crippen LogP contribution is 2.22. The van der Waals surface area contributed by atoms with Gasteiger partial charge in [-0.2, -0.15) is 0 Å². The normalized spacial score (nSPS) is 24.6. The second kappa shape index (κ2) is 5.51. The molecule has 2 aliphatic heterocycles. The first-order valence-corrected chi connectivity index (χ1v) is 7.55. The van der Waals surface area contributed by atoms with Gasteiger partial charge in [-0.1, -0.05) is 22.0 Å². The molecule has 1 aromatic carbocycles. The number of piperazine rings is 1. The summed E-state index contributed by atoms with van der Waals surface area (Å²) >= 11 is 3.51. The maximum absolute atomic E-state index is 11.7. The zero-order valence-corrected chi connectivity index (χ0v) is 12.4. The van der Waals surface area contributed by atoms with Gasteiger partial charge in [-0.15, -0.1) is 0 Å². The van der Waals surface area contributed by atoms with Crippen LogP contribution < -0.4 is 10.2 Å². The highest BCUT2D eigenvalue weighted by molar-refractivity contribution is 9.10. The Hall–Kier alpha value is -1.07. The number of nitrogens with zero attached hydrogens (tertiary/aromatic N) is 2. The molecule has 1 amide bonds. The van der Waals surface area contributed by atoms with Gasteiger partial charge < -0.3 is 10.2 Å². The van der Waals surface area contributed by atoms with Gasteiger partial charge in [0.25, 0.3) is 0 Å². The van der Waals surface area contributed by atoms with E-state index in [9.17, 15) is 4.79 Å². The molecular formula is C14H18BrN3O. The van der Waals surface area contributed by atoms with Crippen molar-refractivity contribution in [3.05, 3.63) is 28.7 Å². The summed E-state index contributed by atoms with van der Waals surface area (Å²) < 4.78 is 1.11. The van der Waals surface area contributed by atoms with Crippen LogP contribution in [0.2, 0.25) is 0 Å². The van der Waals surface area contributed by atoms with Gasteiger partial charge in [0.05, 0.1) is 6.04 Å². The summed E-state index contributed by atoms with van der Waals surface area (Å²) in [4.78, 5) is 16.4. The number of halogens is 1. The van der Waals surface area contributed by atoms with E-state index in [0.717, 1.165) is 43.6 Å². The summed E-state index contributed by atoms with van der Waals surface area (Å²) in [5.74, 6) is 0.205. The van der Waals surface area contributed by atoms with Crippen molar-refractivity contribution in [1.82, 2.24) is 10.2 Å². The predicted octanol–water partition coefficient (Wildman–Crippen LogP) is 1.46. The van der Waals surface area contributed by atoms with Crippen LogP contribution in [-0.4, -0.2) is 49.6 Å². The van der Waals surface area contributed by atoms with Gasteiger partial charge in [0.15, 0.2) is 0 Å². The summed E-state index contributed by atoms with van der Waals surface area (Å²) in [5.41, 5.74) is 1.25. The number of nitrogens with one attached hydrogen (secondary N) is 1. The van der Waals surface area contributed by atoms with E-state index >= 15 is 0 Å². The van der Waals surface area contributed by atoms with Crippen molar-refractivity contribution >= 4 is 27.5 Å². The molecule has 0 aliphatic carbocycles. The van der Waals surface area contributed by atoms with Crippen LogP contribution in [0.1, 0.15) is 6.42 Å². The summed E-state index contributed by atoms with van der Waals surface area (Å²) in [6.07, 6.45) is 0.954. The molecule has 19 heavy (non-hydrogen) atoms. The molecule has 0 aromatic heterocycles. The van der Waals surface area contributed by atoms with Crippen molar-refractivity contribution < 1.29 is 4.79 Å². The number of amides is 1. The number of rotatable bonds is 2. The molecule has 0 radical (unpaired) electrons. The lowest BCUT2D eigenvalue weighted by Gasteiger charge is -2.38. The minimum absolute atomic E-state index is 0.102. The first-order valence-electron chi connectivity index (χ1n) is 6.76. The zero-order chi connectivity index (χ0) is 13.2. The summed E-state index contributed by atoms with van der Waals surface area (Å²) in [7, 11) is 0. The molecule has 2 heterocycles. The van der Waals surface area contributed by atoms with Crippen LogP contribution in [0.5, 0.6) is 0 Å². The molecular weight excluding hydrogens is 306 g/mol. The lowest BCUT2D eigenvalue weighted by Crippen LogP contribution is -2.52. The van der Waals surface area contributed by atoms with Crippen LogP contribution in [0.25, 0.3) is 0 Å². The van der Waals surface area contributed by atoms with Crippen LogP contribution >= 0.6 is 15.9 Å². The Morgan fingerprint density at radius 1 is 1.21 bits per heavy atom. The Labute approximate surface area is 121 Å². The third-order valence-electron chi connectivity index (χ3n) is 3.95. The molecule has 1 unspecified atom stereocenters. The molecule has 5 heteroatoms. The van der Waals surface area contributed by atoms with E-state index in [1.54, 1.807) is 0 Å². The number of carbonyl (C=O) groups excluding carboxylic acids is 1. The highest BCUT2D eigenvalue weighted by Gasteiger charge is 2.32. The summed E-state index contributed by atoms with van der Waals surface area (Å²) in [5, 5.41) is 2.92. The smallest absolute Gasteiger partial charge is 0.237 e. The van der Waals surface area contributed by atoms with Gasteiger partial charge in [-0.25, -0.2) is 0 Å². The van der Waals surface area contributed by atoms with Gasteiger partial charge in [0, 0.05) is 42.9 Å². The van der Waals surface area contributed by atoms with Crippen molar-refractivity contribution in [3.63, 3.8) is 0 Å². The molecule has 0 saturated carbocycles. The van der Waals surface area contributed by atoms with Gasteiger partial charge in [0.1, 0.15) is 0 Å². The average Bonchev–Trinajstić information content (AvgIpc) is 2.85. The molecule has 0 bridgehead atoms. The van der Waals surface area contributed by atoms with Crippen LogP contribution in [-0.2, 0) is 4.79 Å². The van der Waals surface area contributed by atoms with Crippen molar-refractivity contribution in [1.29, 1.82) is 0 Å². The Balaban J connectivity index is 1.61.